The van der Waals surface area contributed by atoms with Crippen molar-refractivity contribution in [3.05, 3.63) is 78.4 Å². The number of hydrogen-bond donors (Lipinski definition) is 0. The number of esters is 3. The Morgan fingerprint density at radius 3 is 2.24 bits per heavy atom. The van der Waals surface area contributed by atoms with Crippen LogP contribution < -0.4 is 4.74 Å². The van der Waals surface area contributed by atoms with Crippen molar-refractivity contribution in [3.63, 3.8) is 0 Å². The Balaban J connectivity index is 2.44. The molecule has 6 nitrogen and oxygen atoms in total. The molecule has 0 atom stereocenters. The molecule has 3 aromatic rings. The number of carbonyl (C=O) groups excluding carboxylic acids is 3. The third-order valence-electron chi connectivity index (χ3n) is 4.40. The van der Waals surface area contributed by atoms with Crippen LogP contribution >= 0.6 is 0 Å². The number of hydrogen-bond acceptors (Lipinski definition) is 6. The maximum absolute atomic E-state index is 12.7. The van der Waals surface area contributed by atoms with Gasteiger partial charge in [-0.05, 0) is 28.5 Å². The topological polar surface area (TPSA) is 78.9 Å². The van der Waals surface area contributed by atoms with Crippen molar-refractivity contribution >= 4 is 28.7 Å². The molecule has 0 fully saturated rings. The summed E-state index contributed by atoms with van der Waals surface area (Å²) >= 11 is 0. The molecule has 3 rings (SSSR count). The molecule has 0 bridgehead atoms. The molecule has 0 aliphatic heterocycles. The fraction of sp³-hybridized carbons (Fsp3) is 0.0870. The molecule has 0 saturated heterocycles. The van der Waals surface area contributed by atoms with Gasteiger partial charge in [-0.15, -0.1) is 0 Å². The first kappa shape index (κ1) is 19.8. The van der Waals surface area contributed by atoms with E-state index in [0.29, 0.717) is 5.56 Å². The van der Waals surface area contributed by atoms with E-state index < -0.39 is 17.9 Å². The van der Waals surface area contributed by atoms with Crippen LogP contribution in [-0.2, 0) is 14.3 Å². The maximum Gasteiger partial charge on any atom is 0.342 e. The van der Waals surface area contributed by atoms with Crippen molar-refractivity contribution in [2.45, 2.75) is 0 Å². The number of methoxy groups -OCH3 is 2. The minimum absolute atomic E-state index is 0.0441. The van der Waals surface area contributed by atoms with E-state index in [4.69, 9.17) is 14.2 Å². The van der Waals surface area contributed by atoms with Crippen LogP contribution in [0.1, 0.15) is 20.7 Å². The van der Waals surface area contributed by atoms with Gasteiger partial charge in [0.25, 0.3) is 0 Å². The van der Waals surface area contributed by atoms with Crippen molar-refractivity contribution < 1.29 is 28.6 Å². The number of rotatable bonds is 5. The predicted molar refractivity (Wildman–Crippen MR) is 108 cm³/mol. The van der Waals surface area contributed by atoms with Crippen LogP contribution in [0.2, 0.25) is 0 Å². The molecule has 0 unspecified atom stereocenters. The zero-order valence-corrected chi connectivity index (χ0v) is 15.9. The third kappa shape index (κ3) is 3.73. The quantitative estimate of drug-likeness (QED) is 0.370. The van der Waals surface area contributed by atoms with E-state index >= 15 is 0 Å². The highest BCUT2D eigenvalue weighted by atomic mass is 16.5. The first-order valence-corrected chi connectivity index (χ1v) is 8.67. The monoisotopic (exact) mass is 390 g/mol. The van der Waals surface area contributed by atoms with Crippen molar-refractivity contribution in [1.29, 1.82) is 0 Å². The van der Waals surface area contributed by atoms with Crippen molar-refractivity contribution in [2.75, 3.05) is 14.2 Å². The minimum Gasteiger partial charge on any atom is -0.465 e. The van der Waals surface area contributed by atoms with Gasteiger partial charge in [0.15, 0.2) is 0 Å². The van der Waals surface area contributed by atoms with Crippen LogP contribution in [0.15, 0.2) is 67.3 Å². The summed E-state index contributed by atoms with van der Waals surface area (Å²) in [7, 11) is 2.46. The van der Waals surface area contributed by atoms with E-state index in [1.165, 1.54) is 26.4 Å². The van der Waals surface area contributed by atoms with Gasteiger partial charge in [0.2, 0.25) is 0 Å². The largest absolute Gasteiger partial charge is 0.465 e. The minimum atomic E-state index is -0.759. The molecular weight excluding hydrogens is 372 g/mol. The van der Waals surface area contributed by atoms with E-state index in [0.717, 1.165) is 16.8 Å². The van der Waals surface area contributed by atoms with Gasteiger partial charge in [0.05, 0.1) is 19.8 Å². The van der Waals surface area contributed by atoms with E-state index in [1.54, 1.807) is 6.07 Å². The molecule has 3 aromatic carbocycles. The molecule has 146 valence electrons. The zero-order chi connectivity index (χ0) is 21.0. The second kappa shape index (κ2) is 8.39. The first-order chi connectivity index (χ1) is 14.0. The Kier molecular flexibility index (Phi) is 5.74. The van der Waals surface area contributed by atoms with Crippen LogP contribution in [0, 0.1) is 0 Å². The summed E-state index contributed by atoms with van der Waals surface area (Å²) in [6.07, 6.45) is 0.979. The summed E-state index contributed by atoms with van der Waals surface area (Å²) in [6.45, 7) is 3.37. The van der Waals surface area contributed by atoms with E-state index in [-0.39, 0.29) is 22.4 Å². The maximum atomic E-state index is 12.7. The fourth-order valence-corrected chi connectivity index (χ4v) is 3.13. The molecule has 0 saturated carbocycles. The number of benzene rings is 3. The van der Waals surface area contributed by atoms with Crippen molar-refractivity contribution in [3.8, 4) is 16.9 Å². The summed E-state index contributed by atoms with van der Waals surface area (Å²) in [5, 5.41) is 1.71. The Labute approximate surface area is 167 Å². The van der Waals surface area contributed by atoms with Gasteiger partial charge in [-0.25, -0.2) is 14.4 Å². The average molecular weight is 390 g/mol. The van der Waals surface area contributed by atoms with E-state index in [2.05, 4.69) is 6.58 Å². The van der Waals surface area contributed by atoms with Gasteiger partial charge < -0.3 is 14.2 Å². The second-order valence-electron chi connectivity index (χ2n) is 6.00. The van der Waals surface area contributed by atoms with Crippen LogP contribution in [0.4, 0.5) is 0 Å². The van der Waals surface area contributed by atoms with Gasteiger partial charge >= 0.3 is 17.9 Å². The summed E-state index contributed by atoms with van der Waals surface area (Å²) in [6, 6.07) is 15.8. The van der Waals surface area contributed by atoms with E-state index in [9.17, 15) is 14.4 Å². The van der Waals surface area contributed by atoms with Gasteiger partial charge in [0.1, 0.15) is 11.3 Å². The Bertz CT molecular complexity index is 1120. The molecule has 0 amide bonds. The highest BCUT2D eigenvalue weighted by Crippen LogP contribution is 2.38. The lowest BCUT2D eigenvalue weighted by Crippen LogP contribution is -2.14. The molecule has 29 heavy (non-hydrogen) atoms. The number of fused-ring (bicyclic) bond motifs is 1. The van der Waals surface area contributed by atoms with E-state index in [1.807, 2.05) is 36.4 Å². The Morgan fingerprint density at radius 1 is 0.862 bits per heavy atom. The molecule has 0 aliphatic carbocycles. The lowest BCUT2D eigenvalue weighted by Gasteiger charge is -2.17. The van der Waals surface area contributed by atoms with Crippen molar-refractivity contribution in [1.82, 2.24) is 0 Å². The number of ether oxygens (including phenoxy) is 3. The predicted octanol–water partition coefficient (Wildman–Crippen LogP) is 4.17. The molecule has 0 spiro atoms. The highest BCUT2D eigenvalue weighted by molar-refractivity contribution is 6.12. The third-order valence-corrected chi connectivity index (χ3v) is 4.40. The van der Waals surface area contributed by atoms with Gasteiger partial charge in [-0.3, -0.25) is 0 Å². The van der Waals surface area contributed by atoms with Crippen LogP contribution in [0.5, 0.6) is 5.75 Å². The fourth-order valence-electron chi connectivity index (χ4n) is 3.13. The van der Waals surface area contributed by atoms with Crippen molar-refractivity contribution in [2.24, 2.45) is 0 Å². The molecule has 0 aliphatic rings. The lowest BCUT2D eigenvalue weighted by atomic mass is 9.90. The molecule has 0 aromatic heterocycles. The van der Waals surface area contributed by atoms with Gasteiger partial charge in [-0.1, -0.05) is 49.0 Å². The molecule has 6 heteroatoms. The second-order valence-corrected chi connectivity index (χ2v) is 6.00. The summed E-state index contributed by atoms with van der Waals surface area (Å²) in [4.78, 5) is 37.0. The van der Waals surface area contributed by atoms with Gasteiger partial charge in [-0.2, -0.15) is 0 Å². The van der Waals surface area contributed by atoms with Crippen LogP contribution in [-0.4, -0.2) is 32.1 Å². The normalized spacial score (nSPS) is 10.3. The lowest BCUT2D eigenvalue weighted by molar-refractivity contribution is -0.128. The molecule has 0 N–H and O–H groups in total. The molecule has 0 heterocycles. The summed E-state index contributed by atoms with van der Waals surface area (Å²) in [5.74, 6) is -2.19. The summed E-state index contributed by atoms with van der Waals surface area (Å²) < 4.78 is 15.1. The van der Waals surface area contributed by atoms with Crippen LogP contribution in [0.3, 0.4) is 0 Å². The highest BCUT2D eigenvalue weighted by Gasteiger charge is 2.27. The smallest absolute Gasteiger partial charge is 0.342 e. The first-order valence-electron chi connectivity index (χ1n) is 8.67. The number of carbonyl (C=O) groups is 3. The molecular formula is C23H18O6. The average Bonchev–Trinajstić information content (AvgIpc) is 2.77. The molecule has 0 radical (unpaired) electrons. The summed E-state index contributed by atoms with van der Waals surface area (Å²) in [5.41, 5.74) is 0.944. The Morgan fingerprint density at radius 2 is 1.55 bits per heavy atom. The SMILES string of the molecule is C=CC(=O)Oc1ccc(C(=O)OC)c(-c2cccc3ccccc23)c1C(=O)OC. The zero-order valence-electron chi connectivity index (χ0n) is 15.9. The standard InChI is InChI=1S/C23H18O6/c1-4-19(24)29-18-13-12-17(22(25)27-2)20(21(18)23(26)28-3)16-11-7-9-14-8-5-6-10-15(14)16/h4-13H,1H2,2-3H3. The van der Waals surface area contributed by atoms with Gasteiger partial charge in [0, 0.05) is 11.6 Å². The van der Waals surface area contributed by atoms with Crippen LogP contribution in [0.25, 0.3) is 21.9 Å². The Hall–Kier alpha value is -3.93.